The molecular formula is C22H20N2O6S. The molecule has 0 spiro atoms. The molecule has 0 aliphatic heterocycles. The number of nitro benzene ring substituents is 1. The lowest BCUT2D eigenvalue weighted by Crippen LogP contribution is -2.16. The minimum Gasteiger partial charge on any atom is -0.497 e. The number of nitro groups is 1. The molecule has 1 aromatic heterocycles. The second kappa shape index (κ2) is 9.86. The molecule has 0 unspecified atom stereocenters. The van der Waals surface area contributed by atoms with Gasteiger partial charge in [-0.25, -0.2) is 4.79 Å². The monoisotopic (exact) mass is 440 g/mol. The number of anilines is 1. The van der Waals surface area contributed by atoms with Crippen LogP contribution in [0.5, 0.6) is 5.75 Å². The highest BCUT2D eigenvalue weighted by Crippen LogP contribution is 2.37. The van der Waals surface area contributed by atoms with Gasteiger partial charge in [0.25, 0.3) is 5.69 Å². The van der Waals surface area contributed by atoms with Crippen molar-refractivity contribution in [2.45, 2.75) is 13.3 Å². The number of carbonyl (C=O) groups excluding carboxylic acids is 2. The number of carbonyl (C=O) groups is 2. The van der Waals surface area contributed by atoms with Crippen LogP contribution in [0.4, 0.5) is 10.7 Å². The van der Waals surface area contributed by atoms with E-state index in [0.29, 0.717) is 21.9 Å². The number of benzene rings is 2. The maximum Gasteiger partial charge on any atom is 0.341 e. The zero-order valence-corrected chi connectivity index (χ0v) is 17.7. The number of amides is 1. The summed E-state index contributed by atoms with van der Waals surface area (Å²) in [5, 5.41) is 15.9. The normalized spacial score (nSPS) is 10.4. The fourth-order valence-electron chi connectivity index (χ4n) is 2.95. The molecular weight excluding hydrogens is 420 g/mol. The molecule has 3 aromatic rings. The summed E-state index contributed by atoms with van der Waals surface area (Å²) in [5.74, 6) is -0.221. The molecule has 9 heteroatoms. The standard InChI is InChI=1S/C22H20N2O6S/c1-3-30-22(26)20-18(15-5-4-6-16(12-15)24(27)28)13-31-21(20)23-19(25)11-14-7-9-17(29-2)10-8-14/h4-10,12-13H,3,11H2,1-2H3,(H,23,25). The molecule has 1 heterocycles. The zero-order valence-electron chi connectivity index (χ0n) is 16.9. The summed E-state index contributed by atoms with van der Waals surface area (Å²) < 4.78 is 10.3. The molecule has 0 atom stereocenters. The van der Waals surface area contributed by atoms with E-state index >= 15 is 0 Å². The van der Waals surface area contributed by atoms with Crippen molar-refractivity contribution in [1.29, 1.82) is 0 Å². The number of non-ortho nitro benzene ring substituents is 1. The summed E-state index contributed by atoms with van der Waals surface area (Å²) in [6, 6.07) is 13.1. The SMILES string of the molecule is CCOC(=O)c1c(-c2cccc([N+](=O)[O-])c2)csc1NC(=O)Cc1ccc(OC)cc1. The van der Waals surface area contributed by atoms with E-state index in [-0.39, 0.29) is 30.2 Å². The average molecular weight is 440 g/mol. The quantitative estimate of drug-likeness (QED) is 0.309. The van der Waals surface area contributed by atoms with Crippen LogP contribution in [0.1, 0.15) is 22.8 Å². The summed E-state index contributed by atoms with van der Waals surface area (Å²) in [6.07, 6.45) is 0.107. The van der Waals surface area contributed by atoms with Gasteiger partial charge in [0, 0.05) is 23.1 Å². The first-order valence-corrected chi connectivity index (χ1v) is 10.3. The maximum atomic E-state index is 12.6. The second-order valence-electron chi connectivity index (χ2n) is 6.45. The first kappa shape index (κ1) is 22.0. The van der Waals surface area contributed by atoms with Gasteiger partial charge in [-0.2, -0.15) is 0 Å². The minimum absolute atomic E-state index is 0.0939. The fraction of sp³-hybridized carbons (Fsp3) is 0.182. The molecule has 0 bridgehead atoms. The molecule has 2 aromatic carbocycles. The highest BCUT2D eigenvalue weighted by Gasteiger charge is 2.23. The predicted octanol–water partition coefficient (Wildman–Crippen LogP) is 4.69. The zero-order chi connectivity index (χ0) is 22.4. The molecule has 31 heavy (non-hydrogen) atoms. The molecule has 0 saturated carbocycles. The lowest BCUT2D eigenvalue weighted by Gasteiger charge is -2.09. The van der Waals surface area contributed by atoms with Crippen LogP contribution < -0.4 is 10.1 Å². The number of hydrogen-bond acceptors (Lipinski definition) is 7. The van der Waals surface area contributed by atoms with Gasteiger partial charge in [0.2, 0.25) is 5.91 Å². The Morgan fingerprint density at radius 1 is 1.16 bits per heavy atom. The van der Waals surface area contributed by atoms with E-state index in [1.165, 1.54) is 12.1 Å². The summed E-state index contributed by atoms with van der Waals surface area (Å²) in [7, 11) is 1.56. The third-order valence-electron chi connectivity index (χ3n) is 4.42. The number of methoxy groups -OCH3 is 1. The van der Waals surface area contributed by atoms with Gasteiger partial charge < -0.3 is 14.8 Å². The first-order chi connectivity index (χ1) is 14.9. The van der Waals surface area contributed by atoms with Gasteiger partial charge in [-0.1, -0.05) is 24.3 Å². The lowest BCUT2D eigenvalue weighted by molar-refractivity contribution is -0.384. The van der Waals surface area contributed by atoms with Crippen molar-refractivity contribution in [3.63, 3.8) is 0 Å². The van der Waals surface area contributed by atoms with Crippen LogP contribution in [0, 0.1) is 10.1 Å². The summed E-state index contributed by atoms with van der Waals surface area (Å²) >= 11 is 1.16. The average Bonchev–Trinajstić information content (AvgIpc) is 3.18. The molecule has 0 aliphatic carbocycles. The molecule has 3 rings (SSSR count). The molecule has 1 amide bonds. The van der Waals surface area contributed by atoms with Crippen molar-refractivity contribution in [3.8, 4) is 16.9 Å². The van der Waals surface area contributed by atoms with E-state index < -0.39 is 10.9 Å². The van der Waals surface area contributed by atoms with Gasteiger partial charge in [-0.05, 0) is 30.2 Å². The van der Waals surface area contributed by atoms with E-state index in [2.05, 4.69) is 5.32 Å². The number of nitrogens with zero attached hydrogens (tertiary/aromatic N) is 1. The van der Waals surface area contributed by atoms with E-state index in [1.54, 1.807) is 55.8 Å². The maximum absolute atomic E-state index is 12.6. The van der Waals surface area contributed by atoms with Crippen LogP contribution in [0.25, 0.3) is 11.1 Å². The van der Waals surface area contributed by atoms with Crippen LogP contribution in [-0.4, -0.2) is 30.5 Å². The molecule has 0 aliphatic rings. The Labute approximate surface area is 182 Å². The van der Waals surface area contributed by atoms with E-state index in [1.807, 2.05) is 0 Å². The fourth-order valence-corrected chi connectivity index (χ4v) is 3.93. The van der Waals surface area contributed by atoms with Gasteiger partial charge in [0.15, 0.2) is 0 Å². The summed E-state index contributed by atoms with van der Waals surface area (Å²) in [4.78, 5) is 35.8. The van der Waals surface area contributed by atoms with Crippen LogP contribution in [-0.2, 0) is 16.0 Å². The third kappa shape index (κ3) is 5.26. The third-order valence-corrected chi connectivity index (χ3v) is 5.31. The van der Waals surface area contributed by atoms with Gasteiger partial charge >= 0.3 is 5.97 Å². The van der Waals surface area contributed by atoms with Crippen LogP contribution in [0.3, 0.4) is 0 Å². The molecule has 1 N–H and O–H groups in total. The lowest BCUT2D eigenvalue weighted by atomic mass is 10.0. The molecule has 160 valence electrons. The van der Waals surface area contributed by atoms with Crippen LogP contribution in [0.2, 0.25) is 0 Å². The minimum atomic E-state index is -0.606. The Bertz CT molecular complexity index is 1110. The highest BCUT2D eigenvalue weighted by atomic mass is 32.1. The number of nitrogens with one attached hydrogen (secondary N) is 1. The van der Waals surface area contributed by atoms with Gasteiger partial charge in [0.1, 0.15) is 16.3 Å². The largest absolute Gasteiger partial charge is 0.497 e. The number of thiophene rings is 1. The second-order valence-corrected chi connectivity index (χ2v) is 7.33. The highest BCUT2D eigenvalue weighted by molar-refractivity contribution is 7.15. The van der Waals surface area contributed by atoms with Crippen molar-refractivity contribution >= 4 is 33.9 Å². The van der Waals surface area contributed by atoms with Crippen molar-refractivity contribution in [1.82, 2.24) is 0 Å². The van der Waals surface area contributed by atoms with Crippen LogP contribution in [0.15, 0.2) is 53.9 Å². The number of esters is 1. The Hall–Kier alpha value is -3.72. The van der Waals surface area contributed by atoms with Gasteiger partial charge in [-0.3, -0.25) is 14.9 Å². The predicted molar refractivity (Wildman–Crippen MR) is 118 cm³/mol. The van der Waals surface area contributed by atoms with E-state index in [4.69, 9.17) is 9.47 Å². The molecule has 0 fully saturated rings. The Balaban J connectivity index is 1.89. The number of hydrogen-bond donors (Lipinski definition) is 1. The smallest absolute Gasteiger partial charge is 0.341 e. The molecule has 0 saturated heterocycles. The Morgan fingerprint density at radius 2 is 1.90 bits per heavy atom. The molecule has 8 nitrogen and oxygen atoms in total. The topological polar surface area (TPSA) is 108 Å². The number of ether oxygens (including phenoxy) is 2. The van der Waals surface area contributed by atoms with Crippen molar-refractivity contribution < 1.29 is 24.0 Å². The van der Waals surface area contributed by atoms with E-state index in [9.17, 15) is 19.7 Å². The van der Waals surface area contributed by atoms with E-state index in [0.717, 1.165) is 16.9 Å². The van der Waals surface area contributed by atoms with Crippen molar-refractivity contribution in [2.75, 3.05) is 19.0 Å². The Kier molecular flexibility index (Phi) is 6.99. The van der Waals surface area contributed by atoms with Gasteiger partial charge in [-0.15, -0.1) is 11.3 Å². The Morgan fingerprint density at radius 3 is 2.55 bits per heavy atom. The van der Waals surface area contributed by atoms with Crippen molar-refractivity contribution in [2.24, 2.45) is 0 Å². The van der Waals surface area contributed by atoms with Gasteiger partial charge in [0.05, 0.1) is 25.1 Å². The summed E-state index contributed by atoms with van der Waals surface area (Å²) in [6.45, 7) is 1.83. The van der Waals surface area contributed by atoms with Crippen LogP contribution >= 0.6 is 11.3 Å². The van der Waals surface area contributed by atoms with Crippen molar-refractivity contribution in [3.05, 3.63) is 75.2 Å². The molecule has 0 radical (unpaired) electrons. The number of rotatable bonds is 8. The first-order valence-electron chi connectivity index (χ1n) is 9.39. The summed E-state index contributed by atoms with van der Waals surface area (Å²) in [5.41, 5.74) is 1.82.